The predicted molar refractivity (Wildman–Crippen MR) is 113 cm³/mol. The zero-order valence-electron chi connectivity index (χ0n) is 16.5. The van der Waals surface area contributed by atoms with Crippen LogP contribution in [0.2, 0.25) is 0 Å². The smallest absolute Gasteiger partial charge is 0.0161 e. The molecule has 0 nitrogen and oxygen atoms in total. The predicted octanol–water partition coefficient (Wildman–Crippen LogP) is 7.31. The molecular formula is C25H32. The summed E-state index contributed by atoms with van der Waals surface area (Å²) in [4.78, 5) is 0. The van der Waals surface area contributed by atoms with E-state index in [2.05, 4.69) is 82.0 Å². The fourth-order valence-electron chi connectivity index (χ4n) is 3.91. The lowest BCUT2D eigenvalue weighted by atomic mass is 9.68. The van der Waals surface area contributed by atoms with Crippen LogP contribution in [-0.4, -0.2) is 0 Å². The van der Waals surface area contributed by atoms with Gasteiger partial charge in [0, 0.05) is 5.92 Å². The van der Waals surface area contributed by atoms with Gasteiger partial charge in [0.2, 0.25) is 0 Å². The summed E-state index contributed by atoms with van der Waals surface area (Å²) >= 11 is 0. The van der Waals surface area contributed by atoms with Crippen molar-refractivity contribution in [2.75, 3.05) is 0 Å². The van der Waals surface area contributed by atoms with Crippen LogP contribution in [0.25, 0.3) is 5.57 Å². The highest BCUT2D eigenvalue weighted by atomic mass is 14.4. The van der Waals surface area contributed by atoms with Crippen molar-refractivity contribution >= 4 is 5.57 Å². The Hall–Kier alpha value is -2.08. The quantitative estimate of drug-likeness (QED) is 0.532. The summed E-state index contributed by atoms with van der Waals surface area (Å²) in [5.74, 6) is 0.901. The highest BCUT2D eigenvalue weighted by molar-refractivity contribution is 5.78. The van der Waals surface area contributed by atoms with E-state index < -0.39 is 0 Å². The Kier molecular flexibility index (Phi) is 6.82. The number of hydrogen-bond acceptors (Lipinski definition) is 0. The van der Waals surface area contributed by atoms with Crippen LogP contribution in [0.3, 0.4) is 0 Å². The molecule has 0 fully saturated rings. The Labute approximate surface area is 154 Å². The molecule has 0 heterocycles. The molecule has 0 aliphatic heterocycles. The van der Waals surface area contributed by atoms with Crippen molar-refractivity contribution < 1.29 is 0 Å². The molecule has 0 aromatic heterocycles. The molecule has 0 spiro atoms. The van der Waals surface area contributed by atoms with Crippen molar-refractivity contribution in [3.63, 3.8) is 0 Å². The molecule has 3 rings (SSSR count). The summed E-state index contributed by atoms with van der Waals surface area (Å²) in [6.07, 6.45) is 13.3. The molecule has 25 heavy (non-hydrogen) atoms. The first kappa shape index (κ1) is 19.2. The molecule has 2 unspecified atom stereocenters. The zero-order chi connectivity index (χ0) is 18.4. The second-order valence-corrected chi connectivity index (χ2v) is 6.72. The van der Waals surface area contributed by atoms with Gasteiger partial charge in [-0.15, -0.1) is 0 Å². The van der Waals surface area contributed by atoms with Crippen LogP contribution >= 0.6 is 0 Å². The number of fused-ring (bicyclic) bond motifs is 1. The van der Waals surface area contributed by atoms with Gasteiger partial charge in [-0.05, 0) is 60.5 Å². The van der Waals surface area contributed by atoms with Gasteiger partial charge in [-0.3, -0.25) is 0 Å². The van der Waals surface area contributed by atoms with Crippen LogP contribution in [-0.2, 0) is 6.42 Å². The fraction of sp³-hybridized carbons (Fsp3) is 0.360. The first-order valence-electron chi connectivity index (χ1n) is 9.61. The zero-order valence-corrected chi connectivity index (χ0v) is 16.5. The molecule has 132 valence electrons. The summed E-state index contributed by atoms with van der Waals surface area (Å²) < 4.78 is 0. The van der Waals surface area contributed by atoms with Crippen molar-refractivity contribution in [2.45, 2.75) is 47.5 Å². The standard InChI is InChI=1S/C23H26.C2H6/c1-5-6-10-20-16(2)12-13-17(3)22(20)23-18(4)14-15-19-9-7-8-11-21(19)23;1-2/h5-13,17,22H,2,14-15H2,1,3-4H3;1-2H3/b6-5-,20-10+;. The van der Waals surface area contributed by atoms with Gasteiger partial charge < -0.3 is 0 Å². The first-order valence-corrected chi connectivity index (χ1v) is 9.61. The minimum Gasteiger partial charge on any atom is -0.0915 e. The third-order valence-electron chi connectivity index (χ3n) is 5.15. The lowest BCUT2D eigenvalue weighted by Crippen LogP contribution is -2.22. The van der Waals surface area contributed by atoms with E-state index in [1.165, 1.54) is 34.3 Å². The van der Waals surface area contributed by atoms with Crippen LogP contribution in [0.5, 0.6) is 0 Å². The molecule has 0 amide bonds. The summed E-state index contributed by atoms with van der Waals surface area (Å²) in [7, 11) is 0. The van der Waals surface area contributed by atoms with Crippen LogP contribution in [0.4, 0.5) is 0 Å². The summed E-state index contributed by atoms with van der Waals surface area (Å²) in [5.41, 5.74) is 8.52. The number of hydrogen-bond donors (Lipinski definition) is 0. The van der Waals surface area contributed by atoms with Crippen LogP contribution in [0, 0.1) is 11.8 Å². The minimum atomic E-state index is 0.408. The van der Waals surface area contributed by atoms with Crippen molar-refractivity contribution in [3.05, 3.63) is 89.1 Å². The van der Waals surface area contributed by atoms with E-state index in [-0.39, 0.29) is 0 Å². The molecular weight excluding hydrogens is 300 g/mol. The van der Waals surface area contributed by atoms with Crippen molar-refractivity contribution in [1.29, 1.82) is 0 Å². The number of benzene rings is 1. The average molecular weight is 333 g/mol. The van der Waals surface area contributed by atoms with E-state index in [9.17, 15) is 0 Å². The van der Waals surface area contributed by atoms with Crippen LogP contribution in [0.1, 0.15) is 52.2 Å². The maximum Gasteiger partial charge on any atom is 0.0161 e. The monoisotopic (exact) mass is 332 g/mol. The summed E-state index contributed by atoms with van der Waals surface area (Å²) in [6.45, 7) is 15.0. The number of aryl methyl sites for hydroxylation is 1. The lowest BCUT2D eigenvalue weighted by molar-refractivity contribution is 0.585. The molecule has 0 saturated carbocycles. The van der Waals surface area contributed by atoms with Crippen LogP contribution < -0.4 is 0 Å². The van der Waals surface area contributed by atoms with E-state index in [1.807, 2.05) is 13.8 Å². The second-order valence-electron chi connectivity index (χ2n) is 6.72. The Bertz CT molecular complexity index is 737. The third kappa shape index (κ3) is 3.95. The van der Waals surface area contributed by atoms with Crippen molar-refractivity contribution in [2.24, 2.45) is 11.8 Å². The molecule has 1 aromatic rings. The van der Waals surface area contributed by atoms with E-state index in [4.69, 9.17) is 0 Å². The SMILES string of the molecule is C=C1C=CC(C)C(C2=C(C)CCc3ccccc32)/C1=C/C=C\C.CC. The van der Waals surface area contributed by atoms with Gasteiger partial charge in [-0.2, -0.15) is 0 Å². The topological polar surface area (TPSA) is 0 Å². The van der Waals surface area contributed by atoms with E-state index >= 15 is 0 Å². The van der Waals surface area contributed by atoms with Gasteiger partial charge in [0.05, 0.1) is 0 Å². The van der Waals surface area contributed by atoms with Crippen molar-refractivity contribution in [3.8, 4) is 0 Å². The highest BCUT2D eigenvalue weighted by Crippen LogP contribution is 2.46. The van der Waals surface area contributed by atoms with Gasteiger partial charge in [-0.25, -0.2) is 0 Å². The lowest BCUT2D eigenvalue weighted by Gasteiger charge is -2.35. The fourth-order valence-corrected chi connectivity index (χ4v) is 3.91. The Morgan fingerprint density at radius 3 is 2.56 bits per heavy atom. The number of allylic oxidation sites excluding steroid dienone is 9. The Morgan fingerprint density at radius 2 is 1.84 bits per heavy atom. The largest absolute Gasteiger partial charge is 0.0915 e. The molecule has 1 aromatic carbocycles. The molecule has 0 radical (unpaired) electrons. The summed E-state index contributed by atoms with van der Waals surface area (Å²) in [6, 6.07) is 8.92. The Balaban J connectivity index is 0.00000109. The third-order valence-corrected chi connectivity index (χ3v) is 5.15. The van der Waals surface area contributed by atoms with Gasteiger partial charge in [0.25, 0.3) is 0 Å². The first-order chi connectivity index (χ1) is 12.1. The van der Waals surface area contributed by atoms with Gasteiger partial charge in [-0.1, -0.05) is 87.6 Å². The molecule has 0 saturated heterocycles. The molecule has 0 heteroatoms. The minimum absolute atomic E-state index is 0.408. The summed E-state index contributed by atoms with van der Waals surface area (Å²) in [5, 5.41) is 0. The Morgan fingerprint density at radius 1 is 1.12 bits per heavy atom. The molecule has 0 N–H and O–H groups in total. The molecule has 2 atom stereocenters. The highest BCUT2D eigenvalue weighted by Gasteiger charge is 2.31. The molecule has 0 bridgehead atoms. The molecule has 2 aliphatic carbocycles. The van der Waals surface area contributed by atoms with E-state index in [0.717, 1.165) is 12.0 Å². The average Bonchev–Trinajstić information content (AvgIpc) is 2.65. The van der Waals surface area contributed by atoms with Gasteiger partial charge in [0.1, 0.15) is 0 Å². The van der Waals surface area contributed by atoms with E-state index in [0.29, 0.717) is 11.8 Å². The maximum absolute atomic E-state index is 4.30. The normalized spacial score (nSPS) is 24.4. The molecule has 2 aliphatic rings. The van der Waals surface area contributed by atoms with Gasteiger partial charge >= 0.3 is 0 Å². The van der Waals surface area contributed by atoms with E-state index in [1.54, 1.807) is 0 Å². The van der Waals surface area contributed by atoms with Gasteiger partial charge in [0.15, 0.2) is 0 Å². The second kappa shape index (κ2) is 8.85. The van der Waals surface area contributed by atoms with Crippen molar-refractivity contribution in [1.82, 2.24) is 0 Å². The number of rotatable bonds is 2. The maximum atomic E-state index is 4.30. The van der Waals surface area contributed by atoms with Crippen LogP contribution in [0.15, 0.2) is 77.9 Å².